The fourth-order valence-corrected chi connectivity index (χ4v) is 4.76. The molecule has 1 aliphatic rings. The molecule has 1 fully saturated rings. The maximum atomic E-state index is 12.9. The Morgan fingerprint density at radius 2 is 2.14 bits per heavy atom. The van der Waals surface area contributed by atoms with Gasteiger partial charge < -0.3 is 15.0 Å². The van der Waals surface area contributed by atoms with Gasteiger partial charge in [-0.15, -0.1) is 11.3 Å². The molecule has 28 heavy (non-hydrogen) atoms. The largest absolute Gasteiger partial charge is 0.384 e. The lowest BCUT2D eigenvalue weighted by atomic mass is 9.74. The van der Waals surface area contributed by atoms with Crippen LogP contribution in [0.25, 0.3) is 10.4 Å². The number of thiophene rings is 1. The Morgan fingerprint density at radius 1 is 1.29 bits per heavy atom. The van der Waals surface area contributed by atoms with E-state index in [0.717, 1.165) is 18.4 Å². The number of carbonyl (C=O) groups excluding carboxylic acids is 2. The normalized spacial score (nSPS) is 19.4. The van der Waals surface area contributed by atoms with Crippen LogP contribution < -0.4 is 5.32 Å². The van der Waals surface area contributed by atoms with E-state index in [0.29, 0.717) is 32.5 Å². The van der Waals surface area contributed by atoms with Gasteiger partial charge in [-0.05, 0) is 41.8 Å². The van der Waals surface area contributed by atoms with E-state index in [-0.39, 0.29) is 11.8 Å². The van der Waals surface area contributed by atoms with Crippen molar-refractivity contribution in [2.45, 2.75) is 25.7 Å². The fourth-order valence-electron chi connectivity index (χ4n) is 4.04. The SMILES string of the molecule is CNC(=O)C1(Cc2cccc(-c3cccs3)c2)CCCN(C(=O)CCOC)C1. The number of likely N-dealkylation sites (tertiary alicyclic amines) is 1. The maximum Gasteiger partial charge on any atom is 0.228 e. The highest BCUT2D eigenvalue weighted by molar-refractivity contribution is 7.13. The molecule has 1 aromatic carbocycles. The van der Waals surface area contributed by atoms with E-state index in [4.69, 9.17) is 4.74 Å². The average Bonchev–Trinajstić information content (AvgIpc) is 3.26. The van der Waals surface area contributed by atoms with Crippen LogP contribution in [0.3, 0.4) is 0 Å². The van der Waals surface area contributed by atoms with Crippen molar-refractivity contribution in [1.29, 1.82) is 0 Å². The summed E-state index contributed by atoms with van der Waals surface area (Å²) in [6.07, 6.45) is 2.59. The third kappa shape index (κ3) is 4.62. The molecule has 1 saturated heterocycles. The summed E-state index contributed by atoms with van der Waals surface area (Å²) in [5, 5.41) is 4.91. The number of piperidine rings is 1. The summed E-state index contributed by atoms with van der Waals surface area (Å²) in [5.41, 5.74) is 1.70. The van der Waals surface area contributed by atoms with Crippen molar-refractivity contribution >= 4 is 23.2 Å². The molecule has 2 amide bonds. The minimum atomic E-state index is -0.593. The van der Waals surface area contributed by atoms with Gasteiger partial charge in [0.2, 0.25) is 11.8 Å². The summed E-state index contributed by atoms with van der Waals surface area (Å²) >= 11 is 1.71. The highest BCUT2D eigenvalue weighted by Gasteiger charge is 2.42. The molecule has 2 aromatic rings. The smallest absolute Gasteiger partial charge is 0.228 e. The van der Waals surface area contributed by atoms with E-state index in [1.165, 1.54) is 10.4 Å². The first kappa shape index (κ1) is 20.6. The summed E-state index contributed by atoms with van der Waals surface area (Å²) in [5.74, 6) is 0.0698. The second-order valence-electron chi connectivity index (χ2n) is 7.38. The third-order valence-corrected chi connectivity index (χ3v) is 6.35. The minimum absolute atomic E-state index is 0.0123. The second kappa shape index (κ2) is 9.34. The first-order valence-corrected chi connectivity index (χ1v) is 10.6. The van der Waals surface area contributed by atoms with Crippen LogP contribution in [0.4, 0.5) is 0 Å². The van der Waals surface area contributed by atoms with Crippen molar-refractivity contribution in [3.05, 3.63) is 47.3 Å². The molecule has 1 aliphatic heterocycles. The Labute approximate surface area is 170 Å². The highest BCUT2D eigenvalue weighted by Crippen LogP contribution is 2.36. The molecule has 0 radical (unpaired) electrons. The Kier molecular flexibility index (Phi) is 6.86. The predicted molar refractivity (Wildman–Crippen MR) is 112 cm³/mol. The quantitative estimate of drug-likeness (QED) is 0.775. The number of nitrogens with one attached hydrogen (secondary N) is 1. The number of nitrogens with zero attached hydrogens (tertiary/aromatic N) is 1. The summed E-state index contributed by atoms with van der Waals surface area (Å²) in [6.45, 7) is 1.57. The van der Waals surface area contributed by atoms with Gasteiger partial charge >= 0.3 is 0 Å². The average molecular weight is 401 g/mol. The topological polar surface area (TPSA) is 58.6 Å². The van der Waals surface area contributed by atoms with E-state index < -0.39 is 5.41 Å². The number of ether oxygens (including phenoxy) is 1. The predicted octanol–water partition coefficient (Wildman–Crippen LogP) is 3.35. The molecule has 0 aliphatic carbocycles. The van der Waals surface area contributed by atoms with Gasteiger partial charge in [0.1, 0.15) is 0 Å². The summed E-state index contributed by atoms with van der Waals surface area (Å²) in [7, 11) is 3.27. The molecule has 0 spiro atoms. The van der Waals surface area contributed by atoms with Crippen LogP contribution in [-0.2, 0) is 20.7 Å². The molecule has 3 rings (SSSR count). The molecule has 1 N–H and O–H groups in total. The van der Waals surface area contributed by atoms with E-state index in [2.05, 4.69) is 35.0 Å². The van der Waals surface area contributed by atoms with Crippen LogP contribution in [0, 0.1) is 5.41 Å². The van der Waals surface area contributed by atoms with Gasteiger partial charge in [0.05, 0.1) is 18.4 Å². The van der Waals surface area contributed by atoms with Crippen molar-refractivity contribution in [1.82, 2.24) is 10.2 Å². The van der Waals surface area contributed by atoms with Gasteiger partial charge in [-0.3, -0.25) is 9.59 Å². The highest BCUT2D eigenvalue weighted by atomic mass is 32.1. The van der Waals surface area contributed by atoms with Crippen molar-refractivity contribution in [3.63, 3.8) is 0 Å². The lowest BCUT2D eigenvalue weighted by Crippen LogP contribution is -2.54. The maximum absolute atomic E-state index is 12.9. The molecular formula is C22H28N2O3S. The Hall–Kier alpha value is -2.18. The van der Waals surface area contributed by atoms with Crippen LogP contribution in [0.5, 0.6) is 0 Å². The van der Waals surface area contributed by atoms with Crippen molar-refractivity contribution < 1.29 is 14.3 Å². The molecular weight excluding hydrogens is 372 g/mol. The Bertz CT molecular complexity index is 806. The molecule has 1 atom stereocenters. The molecule has 0 saturated carbocycles. The number of methoxy groups -OCH3 is 1. The lowest BCUT2D eigenvalue weighted by Gasteiger charge is -2.41. The molecule has 2 heterocycles. The zero-order valence-corrected chi connectivity index (χ0v) is 17.4. The zero-order valence-electron chi connectivity index (χ0n) is 16.6. The van der Waals surface area contributed by atoms with Gasteiger partial charge in [-0.1, -0.05) is 30.3 Å². The summed E-state index contributed by atoms with van der Waals surface area (Å²) in [4.78, 5) is 28.5. The molecule has 0 bridgehead atoms. The first-order valence-electron chi connectivity index (χ1n) is 9.70. The summed E-state index contributed by atoms with van der Waals surface area (Å²) in [6, 6.07) is 12.5. The summed E-state index contributed by atoms with van der Waals surface area (Å²) < 4.78 is 5.04. The zero-order chi connectivity index (χ0) is 20.0. The Balaban J connectivity index is 1.83. The molecule has 150 valence electrons. The number of amides is 2. The van der Waals surface area contributed by atoms with Crippen LogP contribution in [0.2, 0.25) is 0 Å². The second-order valence-corrected chi connectivity index (χ2v) is 8.32. The fraction of sp³-hybridized carbons (Fsp3) is 0.455. The van der Waals surface area contributed by atoms with Crippen LogP contribution in [-0.4, -0.2) is 50.6 Å². The number of carbonyl (C=O) groups is 2. The van der Waals surface area contributed by atoms with Gasteiger partial charge in [0, 0.05) is 32.1 Å². The van der Waals surface area contributed by atoms with Gasteiger partial charge in [-0.25, -0.2) is 0 Å². The first-order chi connectivity index (χ1) is 13.6. The molecule has 5 nitrogen and oxygen atoms in total. The van der Waals surface area contributed by atoms with Crippen molar-refractivity contribution in [2.24, 2.45) is 5.41 Å². The van der Waals surface area contributed by atoms with E-state index in [1.54, 1.807) is 25.5 Å². The monoisotopic (exact) mass is 400 g/mol. The third-order valence-electron chi connectivity index (χ3n) is 5.43. The molecule has 1 aromatic heterocycles. The molecule has 1 unspecified atom stereocenters. The Morgan fingerprint density at radius 3 is 2.86 bits per heavy atom. The van der Waals surface area contributed by atoms with E-state index >= 15 is 0 Å². The number of hydrogen-bond acceptors (Lipinski definition) is 4. The lowest BCUT2D eigenvalue weighted by molar-refractivity contribution is -0.141. The van der Waals surface area contributed by atoms with E-state index in [1.807, 2.05) is 17.0 Å². The number of rotatable bonds is 7. The standard InChI is InChI=1S/C22H28N2O3S/c1-23-21(26)22(10-5-11-24(16-22)20(25)9-12-27-2)15-17-6-3-7-18(14-17)19-8-4-13-28-19/h3-4,6-8,13-14H,5,9-12,15-16H2,1-2H3,(H,23,26). The van der Waals surface area contributed by atoms with Gasteiger partial charge in [-0.2, -0.15) is 0 Å². The number of hydrogen-bond donors (Lipinski definition) is 1. The van der Waals surface area contributed by atoms with Crippen LogP contribution in [0.1, 0.15) is 24.8 Å². The van der Waals surface area contributed by atoms with Gasteiger partial charge in [0.25, 0.3) is 0 Å². The minimum Gasteiger partial charge on any atom is -0.384 e. The van der Waals surface area contributed by atoms with E-state index in [9.17, 15) is 9.59 Å². The van der Waals surface area contributed by atoms with Crippen LogP contribution in [0.15, 0.2) is 41.8 Å². The van der Waals surface area contributed by atoms with Crippen LogP contribution >= 0.6 is 11.3 Å². The van der Waals surface area contributed by atoms with Gasteiger partial charge in [0.15, 0.2) is 0 Å². The van der Waals surface area contributed by atoms with Crippen molar-refractivity contribution in [3.8, 4) is 10.4 Å². The van der Waals surface area contributed by atoms with Crippen molar-refractivity contribution in [2.75, 3.05) is 33.9 Å². The number of benzene rings is 1. The molecule has 6 heteroatoms.